The number of halogens is 1. The van der Waals surface area contributed by atoms with Gasteiger partial charge in [0.1, 0.15) is 0 Å². The number of esters is 1. The summed E-state index contributed by atoms with van der Waals surface area (Å²) in [6.07, 6.45) is 0.119. The van der Waals surface area contributed by atoms with Crippen molar-refractivity contribution in [3.8, 4) is 0 Å². The number of ether oxygens (including phenoxy) is 1. The second-order valence-corrected chi connectivity index (χ2v) is 6.27. The Morgan fingerprint density at radius 1 is 1.00 bits per heavy atom. The van der Waals surface area contributed by atoms with Crippen LogP contribution in [0.15, 0.2) is 54.6 Å². The van der Waals surface area contributed by atoms with Gasteiger partial charge in [-0.3, -0.25) is 14.4 Å². The molecule has 0 aliphatic carbocycles. The summed E-state index contributed by atoms with van der Waals surface area (Å²) in [7, 11) is 1.28. The van der Waals surface area contributed by atoms with Gasteiger partial charge in [-0.2, -0.15) is 0 Å². The van der Waals surface area contributed by atoms with Gasteiger partial charge in [-0.15, -0.1) is 0 Å². The zero-order valence-electron chi connectivity index (χ0n) is 14.9. The summed E-state index contributed by atoms with van der Waals surface area (Å²) in [6, 6.07) is 15.5. The van der Waals surface area contributed by atoms with Crippen LogP contribution in [0.3, 0.4) is 0 Å². The zero-order chi connectivity index (χ0) is 19.6. The highest BCUT2D eigenvalue weighted by molar-refractivity contribution is 6.31. The fraction of sp³-hybridized carbons (Fsp3) is 0.250. The molecule has 0 saturated carbocycles. The second kappa shape index (κ2) is 10.3. The highest BCUT2D eigenvalue weighted by Crippen LogP contribution is 2.25. The van der Waals surface area contributed by atoms with Crippen molar-refractivity contribution in [3.63, 3.8) is 0 Å². The normalized spacial score (nSPS) is 11.3. The molecule has 0 bridgehead atoms. The lowest BCUT2D eigenvalue weighted by atomic mass is 10.0. The van der Waals surface area contributed by atoms with E-state index in [-0.39, 0.29) is 25.3 Å². The quantitative estimate of drug-likeness (QED) is 0.680. The maximum atomic E-state index is 12.2. The van der Waals surface area contributed by atoms with E-state index in [0.29, 0.717) is 10.6 Å². The first kappa shape index (κ1) is 20.5. The molecule has 0 aliphatic heterocycles. The fourth-order valence-corrected chi connectivity index (χ4v) is 2.78. The van der Waals surface area contributed by atoms with Crippen LogP contribution in [0.1, 0.15) is 23.6 Å². The highest BCUT2D eigenvalue weighted by Gasteiger charge is 2.21. The minimum Gasteiger partial charge on any atom is -0.469 e. The molecule has 7 heteroatoms. The van der Waals surface area contributed by atoms with Crippen LogP contribution < -0.4 is 10.6 Å². The molecule has 0 radical (unpaired) electrons. The summed E-state index contributed by atoms with van der Waals surface area (Å²) < 4.78 is 4.69. The van der Waals surface area contributed by atoms with Crippen molar-refractivity contribution in [2.75, 3.05) is 13.7 Å². The van der Waals surface area contributed by atoms with E-state index in [1.165, 1.54) is 7.11 Å². The monoisotopic (exact) mass is 388 g/mol. The van der Waals surface area contributed by atoms with Gasteiger partial charge in [-0.1, -0.05) is 60.1 Å². The van der Waals surface area contributed by atoms with Crippen LogP contribution in [-0.4, -0.2) is 31.4 Å². The third-order valence-corrected chi connectivity index (χ3v) is 4.21. The van der Waals surface area contributed by atoms with Crippen LogP contribution in [0.5, 0.6) is 0 Å². The maximum Gasteiger partial charge on any atom is 0.307 e. The Balaban J connectivity index is 1.94. The molecule has 27 heavy (non-hydrogen) atoms. The van der Waals surface area contributed by atoms with Crippen molar-refractivity contribution in [2.24, 2.45) is 0 Å². The predicted molar refractivity (Wildman–Crippen MR) is 102 cm³/mol. The average molecular weight is 389 g/mol. The van der Waals surface area contributed by atoms with Crippen LogP contribution in [0.4, 0.5) is 0 Å². The topological polar surface area (TPSA) is 84.5 Å². The molecule has 0 saturated heterocycles. The summed E-state index contributed by atoms with van der Waals surface area (Å²) in [5, 5.41) is 5.72. The van der Waals surface area contributed by atoms with Gasteiger partial charge in [-0.25, -0.2) is 0 Å². The smallest absolute Gasteiger partial charge is 0.307 e. The van der Waals surface area contributed by atoms with Crippen molar-refractivity contribution >= 4 is 29.4 Å². The van der Waals surface area contributed by atoms with Crippen molar-refractivity contribution < 1.29 is 19.1 Å². The first-order valence-corrected chi connectivity index (χ1v) is 8.78. The van der Waals surface area contributed by atoms with E-state index in [1.54, 1.807) is 24.3 Å². The van der Waals surface area contributed by atoms with E-state index in [1.807, 2.05) is 30.3 Å². The molecule has 2 amide bonds. The van der Waals surface area contributed by atoms with Gasteiger partial charge in [0.05, 0.1) is 32.5 Å². The number of rotatable bonds is 8. The van der Waals surface area contributed by atoms with E-state index in [0.717, 1.165) is 5.56 Å². The van der Waals surface area contributed by atoms with Gasteiger partial charge in [0.2, 0.25) is 11.8 Å². The lowest BCUT2D eigenvalue weighted by Gasteiger charge is -2.19. The molecule has 6 nitrogen and oxygen atoms in total. The molecule has 2 aromatic carbocycles. The molecule has 0 aliphatic rings. The third kappa shape index (κ3) is 6.75. The number of methoxy groups -OCH3 is 1. The van der Waals surface area contributed by atoms with Crippen molar-refractivity contribution in [2.45, 2.75) is 18.9 Å². The summed E-state index contributed by atoms with van der Waals surface area (Å²) in [5.41, 5.74) is 1.46. The molecule has 1 atom stereocenters. The number of nitrogens with one attached hydrogen (secondary N) is 2. The van der Waals surface area contributed by atoms with Crippen molar-refractivity contribution in [1.29, 1.82) is 0 Å². The number of benzene rings is 2. The second-order valence-electron chi connectivity index (χ2n) is 5.86. The third-order valence-electron chi connectivity index (χ3n) is 3.87. The van der Waals surface area contributed by atoms with Crippen molar-refractivity contribution in [3.05, 3.63) is 70.7 Å². The van der Waals surface area contributed by atoms with E-state index in [4.69, 9.17) is 11.6 Å². The van der Waals surface area contributed by atoms with E-state index in [9.17, 15) is 14.4 Å². The van der Waals surface area contributed by atoms with Crippen LogP contribution in [-0.2, 0) is 25.5 Å². The lowest BCUT2D eigenvalue weighted by Crippen LogP contribution is -2.39. The molecule has 0 spiro atoms. The van der Waals surface area contributed by atoms with Crippen LogP contribution in [0.25, 0.3) is 0 Å². The van der Waals surface area contributed by atoms with Gasteiger partial charge in [-0.05, 0) is 17.2 Å². The lowest BCUT2D eigenvalue weighted by molar-refractivity contribution is -0.141. The van der Waals surface area contributed by atoms with Gasteiger partial charge in [0, 0.05) is 5.02 Å². The molecule has 0 heterocycles. The van der Waals surface area contributed by atoms with Gasteiger partial charge in [0.15, 0.2) is 0 Å². The molecule has 1 unspecified atom stereocenters. The highest BCUT2D eigenvalue weighted by atomic mass is 35.5. The fourth-order valence-electron chi connectivity index (χ4n) is 2.51. The average Bonchev–Trinajstić information content (AvgIpc) is 2.67. The Morgan fingerprint density at radius 2 is 1.67 bits per heavy atom. The maximum absolute atomic E-state index is 12.2. The van der Waals surface area contributed by atoms with Gasteiger partial charge >= 0.3 is 5.97 Å². The van der Waals surface area contributed by atoms with Crippen molar-refractivity contribution in [1.82, 2.24) is 10.6 Å². The van der Waals surface area contributed by atoms with Gasteiger partial charge in [0.25, 0.3) is 0 Å². The van der Waals surface area contributed by atoms with E-state index >= 15 is 0 Å². The predicted octanol–water partition coefficient (Wildman–Crippen LogP) is 2.42. The number of carbonyl (C=O) groups is 3. The first-order valence-electron chi connectivity index (χ1n) is 8.41. The molecular weight excluding hydrogens is 368 g/mol. The number of hydrogen-bond acceptors (Lipinski definition) is 4. The Kier molecular flexibility index (Phi) is 7.82. The Bertz CT molecular complexity index is 796. The van der Waals surface area contributed by atoms with E-state index in [2.05, 4.69) is 15.4 Å². The zero-order valence-corrected chi connectivity index (χ0v) is 15.7. The summed E-state index contributed by atoms with van der Waals surface area (Å²) in [6.45, 7) is -0.201. The van der Waals surface area contributed by atoms with Gasteiger partial charge < -0.3 is 15.4 Å². The summed E-state index contributed by atoms with van der Waals surface area (Å²) in [4.78, 5) is 35.9. The first-order chi connectivity index (χ1) is 13.0. The summed E-state index contributed by atoms with van der Waals surface area (Å²) in [5.74, 6) is -1.17. The summed E-state index contributed by atoms with van der Waals surface area (Å²) >= 11 is 6.17. The largest absolute Gasteiger partial charge is 0.469 e. The number of carbonyl (C=O) groups excluding carboxylic acids is 3. The van der Waals surface area contributed by atoms with Crippen LogP contribution in [0, 0.1) is 0 Å². The standard InChI is InChI=1S/C20H21ClN2O4/c1-27-20(26)12-17(15-9-5-6-10-16(15)21)23-19(25)13-22-18(24)11-14-7-3-2-4-8-14/h2-10,17H,11-13H2,1H3,(H,22,24)(H,23,25). The minimum atomic E-state index is -0.648. The minimum absolute atomic E-state index is 0.0655. The van der Waals surface area contributed by atoms with Crippen LogP contribution >= 0.6 is 11.6 Å². The van der Waals surface area contributed by atoms with Crippen LogP contribution in [0.2, 0.25) is 5.02 Å². The molecule has 2 aromatic rings. The Labute approximate surface area is 162 Å². The molecule has 2 rings (SSSR count). The molecule has 142 valence electrons. The SMILES string of the molecule is COC(=O)CC(NC(=O)CNC(=O)Cc1ccccc1)c1ccccc1Cl. The molecule has 0 fully saturated rings. The molecular formula is C20H21ClN2O4. The Hall–Kier alpha value is -2.86. The number of amides is 2. The number of hydrogen-bond donors (Lipinski definition) is 2. The molecule has 2 N–H and O–H groups in total. The molecule has 0 aromatic heterocycles. The van der Waals surface area contributed by atoms with E-state index < -0.39 is 17.9 Å². The Morgan fingerprint density at radius 3 is 2.33 bits per heavy atom.